The molecule has 3 N–H and O–H groups in total. The Morgan fingerprint density at radius 3 is 1.60 bits per heavy atom. The van der Waals surface area contributed by atoms with Crippen LogP contribution in [0.1, 0.15) is 20.3 Å². The van der Waals surface area contributed by atoms with Crippen molar-refractivity contribution in [1.29, 1.82) is 0 Å². The van der Waals surface area contributed by atoms with Gasteiger partial charge in [0.05, 0.1) is 10.2 Å². The van der Waals surface area contributed by atoms with Gasteiger partial charge in [0, 0.05) is 24.2 Å². The van der Waals surface area contributed by atoms with Crippen molar-refractivity contribution in [3.63, 3.8) is 0 Å². The second-order valence-electron chi connectivity index (χ2n) is 2.08. The highest BCUT2D eigenvalue weighted by atomic mass is 28.1. The monoisotopic (exact) mass is 233 g/mol. The quantitative estimate of drug-likeness (QED) is 0.215. The molecule has 0 aromatic rings. The summed E-state index contributed by atoms with van der Waals surface area (Å²) < 4.78 is 0. The average Bonchev–Trinajstić information content (AvgIpc) is 2.30. The third-order valence-electron chi connectivity index (χ3n) is 0.841. The highest BCUT2D eigenvalue weighted by molar-refractivity contribution is 6.59. The Hall–Kier alpha value is -1.63. The third kappa shape index (κ3) is 46.1. The van der Waals surface area contributed by atoms with E-state index in [1.165, 1.54) is 12.4 Å². The van der Waals surface area contributed by atoms with E-state index in [2.05, 4.69) is 22.0 Å². The Labute approximate surface area is 92.7 Å². The molecule has 0 saturated carbocycles. The largest absolute Gasteiger partial charge is 0.411 e. The van der Waals surface area contributed by atoms with Gasteiger partial charge in [0.2, 0.25) is 0 Å². The van der Waals surface area contributed by atoms with Crippen LogP contribution in [0, 0.1) is 0 Å². The third-order valence-corrected chi connectivity index (χ3v) is 1.45. The van der Waals surface area contributed by atoms with Gasteiger partial charge in [0.1, 0.15) is 0 Å². The van der Waals surface area contributed by atoms with Gasteiger partial charge < -0.3 is 15.6 Å². The minimum absolute atomic E-state index is 0.725. The summed E-state index contributed by atoms with van der Waals surface area (Å²) in [6.45, 7) is 6.76. The molecule has 0 atom stereocenters. The fraction of sp³-hybridized carbons (Fsp3) is 0.375. The van der Waals surface area contributed by atoms with E-state index >= 15 is 0 Å². The van der Waals surface area contributed by atoms with E-state index in [9.17, 15) is 0 Å². The van der Waals surface area contributed by atoms with Gasteiger partial charge in [-0.25, -0.2) is 0 Å². The van der Waals surface area contributed by atoms with Crippen LogP contribution in [0.3, 0.4) is 0 Å². The van der Waals surface area contributed by atoms with E-state index in [0.29, 0.717) is 0 Å². The molecule has 0 unspecified atom stereocenters. The SMILES string of the molecule is C=CCC([SiH3])=NO.CC=NO.CC=NO. The molecule has 0 saturated heterocycles. The predicted octanol–water partition coefficient (Wildman–Crippen LogP) is 0.648. The van der Waals surface area contributed by atoms with Gasteiger partial charge >= 0.3 is 0 Å². The number of rotatable bonds is 2. The van der Waals surface area contributed by atoms with Crippen LogP contribution in [0.15, 0.2) is 28.1 Å². The highest BCUT2D eigenvalue weighted by Crippen LogP contribution is 1.78. The van der Waals surface area contributed by atoms with Crippen molar-refractivity contribution in [3.8, 4) is 0 Å². The summed E-state index contributed by atoms with van der Waals surface area (Å²) in [5.74, 6) is 0. The number of hydrogen-bond acceptors (Lipinski definition) is 6. The first kappa shape index (κ1) is 19.0. The zero-order valence-electron chi connectivity index (χ0n) is 9.33. The van der Waals surface area contributed by atoms with Gasteiger partial charge in [-0.1, -0.05) is 6.08 Å². The first-order valence-corrected chi connectivity index (χ1v) is 5.16. The second kappa shape index (κ2) is 22.8. The zero-order valence-corrected chi connectivity index (χ0v) is 11.3. The van der Waals surface area contributed by atoms with Crippen LogP contribution in [-0.2, 0) is 0 Å². The molecule has 6 nitrogen and oxygen atoms in total. The Morgan fingerprint density at radius 2 is 1.53 bits per heavy atom. The zero-order chi connectivity index (χ0) is 12.5. The van der Waals surface area contributed by atoms with Gasteiger partial charge in [-0.05, 0) is 13.8 Å². The molecule has 0 heterocycles. The maximum absolute atomic E-state index is 8.04. The molecule has 7 heteroatoms. The molecular formula is C8H19N3O3Si. The summed E-state index contributed by atoms with van der Waals surface area (Å²) in [5, 5.41) is 32.0. The first-order chi connectivity index (χ1) is 7.14. The Bertz CT molecular complexity index is 187. The fourth-order valence-corrected chi connectivity index (χ4v) is 0.538. The molecule has 88 valence electrons. The maximum Gasteiger partial charge on any atom is 0.0617 e. The van der Waals surface area contributed by atoms with Crippen LogP contribution in [0.2, 0.25) is 0 Å². The summed E-state index contributed by atoms with van der Waals surface area (Å²) >= 11 is 0. The van der Waals surface area contributed by atoms with Crippen LogP contribution in [0.4, 0.5) is 0 Å². The van der Waals surface area contributed by atoms with E-state index in [-0.39, 0.29) is 0 Å². The molecule has 0 spiro atoms. The maximum atomic E-state index is 8.04. The minimum atomic E-state index is 0.725. The molecule has 0 radical (unpaired) electrons. The van der Waals surface area contributed by atoms with Gasteiger partial charge in [-0.2, -0.15) is 0 Å². The Kier molecular flexibility index (Phi) is 28.9. The molecule has 0 aliphatic heterocycles. The summed E-state index contributed by atoms with van der Waals surface area (Å²) in [4.78, 5) is 0. The second-order valence-corrected chi connectivity index (χ2v) is 3.23. The number of allylic oxidation sites excluding steroid dienone is 1. The Balaban J connectivity index is -0.000000155. The van der Waals surface area contributed by atoms with Crippen molar-refractivity contribution in [2.24, 2.45) is 15.5 Å². The molecule has 0 aromatic heterocycles. The lowest BCUT2D eigenvalue weighted by molar-refractivity contribution is 0.319. The molecule has 0 bridgehead atoms. The number of hydrogen-bond donors (Lipinski definition) is 3. The van der Waals surface area contributed by atoms with E-state index < -0.39 is 0 Å². The van der Waals surface area contributed by atoms with Crippen LogP contribution in [0.5, 0.6) is 0 Å². The van der Waals surface area contributed by atoms with Crippen LogP contribution in [0.25, 0.3) is 0 Å². The van der Waals surface area contributed by atoms with Gasteiger partial charge in [0.25, 0.3) is 0 Å². The summed E-state index contributed by atoms with van der Waals surface area (Å²) in [6.07, 6.45) is 5.06. The van der Waals surface area contributed by atoms with Crippen molar-refractivity contribution in [2.45, 2.75) is 20.3 Å². The van der Waals surface area contributed by atoms with Gasteiger partial charge in [-0.15, -0.1) is 22.0 Å². The van der Waals surface area contributed by atoms with Crippen molar-refractivity contribution in [3.05, 3.63) is 12.7 Å². The number of nitrogens with zero attached hydrogens (tertiary/aromatic N) is 3. The van der Waals surface area contributed by atoms with Gasteiger partial charge in [-0.3, -0.25) is 0 Å². The predicted molar refractivity (Wildman–Crippen MR) is 65.9 cm³/mol. The molecule has 0 fully saturated rings. The number of oxime groups is 3. The van der Waals surface area contributed by atoms with Crippen molar-refractivity contribution >= 4 is 28.0 Å². The fourth-order valence-electron chi connectivity index (χ4n) is 0.250. The van der Waals surface area contributed by atoms with Gasteiger partial charge in [0.15, 0.2) is 0 Å². The normalized spacial score (nSPS) is 10.4. The lowest BCUT2D eigenvalue weighted by Gasteiger charge is -1.84. The topological polar surface area (TPSA) is 97.8 Å². The lowest BCUT2D eigenvalue weighted by atomic mass is 10.5. The van der Waals surface area contributed by atoms with Crippen LogP contribution >= 0.6 is 0 Å². The van der Waals surface area contributed by atoms with Crippen molar-refractivity contribution < 1.29 is 15.6 Å². The summed E-state index contributed by atoms with van der Waals surface area (Å²) in [7, 11) is 0.828. The summed E-state index contributed by atoms with van der Waals surface area (Å²) in [6, 6.07) is 0. The summed E-state index contributed by atoms with van der Waals surface area (Å²) in [5.41, 5.74) is 0. The molecule has 0 amide bonds. The lowest BCUT2D eigenvalue weighted by Crippen LogP contribution is -1.92. The van der Waals surface area contributed by atoms with Crippen molar-refractivity contribution in [2.75, 3.05) is 0 Å². The van der Waals surface area contributed by atoms with Crippen molar-refractivity contribution in [1.82, 2.24) is 0 Å². The molecule has 15 heavy (non-hydrogen) atoms. The molecular weight excluding hydrogens is 214 g/mol. The molecule has 0 aliphatic rings. The van der Waals surface area contributed by atoms with E-state index in [0.717, 1.165) is 22.0 Å². The van der Waals surface area contributed by atoms with Crippen LogP contribution < -0.4 is 0 Å². The first-order valence-electron chi connectivity index (χ1n) is 4.16. The standard InChI is InChI=1S/C4H9NOSi.2C2H5NO/c1-2-3-4(7)5-6;2*1-2-3-4/h2,6H,1,3H2,7H3;2*2,4H,1H3. The molecule has 0 aromatic carbocycles. The van der Waals surface area contributed by atoms with E-state index in [1.54, 1.807) is 19.9 Å². The average molecular weight is 233 g/mol. The van der Waals surface area contributed by atoms with E-state index in [1.807, 2.05) is 0 Å². The minimum Gasteiger partial charge on any atom is -0.411 e. The van der Waals surface area contributed by atoms with E-state index in [4.69, 9.17) is 15.6 Å². The highest BCUT2D eigenvalue weighted by Gasteiger charge is 1.80. The molecule has 0 rings (SSSR count). The molecule has 0 aliphatic carbocycles. The smallest absolute Gasteiger partial charge is 0.0617 e. The van der Waals surface area contributed by atoms with Crippen LogP contribution in [-0.4, -0.2) is 43.6 Å². The Morgan fingerprint density at radius 1 is 1.20 bits per heavy atom.